The van der Waals surface area contributed by atoms with E-state index >= 15 is 0 Å². The average molecular weight is 485 g/mol. The quantitative estimate of drug-likeness (QED) is 0.309. The Morgan fingerprint density at radius 2 is 1.71 bits per heavy atom. The first-order valence-electron chi connectivity index (χ1n) is 9.14. The second kappa shape index (κ2) is 8.96. The van der Waals surface area contributed by atoms with Crippen LogP contribution in [0.15, 0.2) is 59.7 Å². The minimum atomic E-state index is 0.414. The molecule has 1 saturated heterocycles. The molecule has 2 heterocycles. The van der Waals surface area contributed by atoms with Crippen molar-refractivity contribution in [3.05, 3.63) is 63.7 Å². The SMILES string of the molecule is Ic1cccc(/C=N/Nc2nc(Nc3ccccc3)nc(N3CCCC3)n2)c1. The Morgan fingerprint density at radius 3 is 2.50 bits per heavy atom. The van der Waals surface area contributed by atoms with Crippen LogP contribution in [0.25, 0.3) is 0 Å². The number of aromatic nitrogens is 3. The van der Waals surface area contributed by atoms with E-state index < -0.39 is 0 Å². The first kappa shape index (κ1) is 18.6. The summed E-state index contributed by atoms with van der Waals surface area (Å²) in [4.78, 5) is 15.8. The lowest BCUT2D eigenvalue weighted by Gasteiger charge is -2.16. The van der Waals surface area contributed by atoms with Gasteiger partial charge in [0.15, 0.2) is 0 Å². The zero-order valence-corrected chi connectivity index (χ0v) is 17.4. The van der Waals surface area contributed by atoms with Crippen molar-refractivity contribution in [2.24, 2.45) is 5.10 Å². The number of hydrogen-bond donors (Lipinski definition) is 2. The second-order valence-electron chi connectivity index (χ2n) is 6.39. The summed E-state index contributed by atoms with van der Waals surface area (Å²) >= 11 is 2.28. The third-order valence-corrected chi connectivity index (χ3v) is 4.94. The summed E-state index contributed by atoms with van der Waals surface area (Å²) in [6, 6.07) is 18.0. The maximum atomic E-state index is 4.59. The highest BCUT2D eigenvalue weighted by atomic mass is 127. The fraction of sp³-hybridized carbons (Fsp3) is 0.200. The van der Waals surface area contributed by atoms with Crippen molar-refractivity contribution < 1.29 is 0 Å². The number of nitrogens with zero attached hydrogens (tertiary/aromatic N) is 5. The summed E-state index contributed by atoms with van der Waals surface area (Å²) < 4.78 is 1.16. The highest BCUT2D eigenvalue weighted by molar-refractivity contribution is 14.1. The fourth-order valence-corrected chi connectivity index (χ4v) is 3.50. The molecule has 8 heteroatoms. The predicted octanol–water partition coefficient (Wildman–Crippen LogP) is 4.27. The van der Waals surface area contributed by atoms with Gasteiger partial charge in [-0.3, -0.25) is 0 Å². The van der Waals surface area contributed by atoms with E-state index in [0.29, 0.717) is 17.8 Å². The standard InChI is InChI=1S/C20H20IN7/c21-16-8-6-7-15(13-16)14-22-27-19-24-18(23-17-9-2-1-3-10-17)25-20(26-19)28-11-4-5-12-28/h1-3,6-10,13-14H,4-5,11-12H2,(H2,23,24,25,26,27)/b22-14+. The summed E-state index contributed by atoms with van der Waals surface area (Å²) in [5.41, 5.74) is 4.88. The Balaban J connectivity index is 1.56. The molecular formula is C20H20IN7. The summed E-state index contributed by atoms with van der Waals surface area (Å²) in [7, 11) is 0. The fourth-order valence-electron chi connectivity index (χ4n) is 2.93. The maximum Gasteiger partial charge on any atom is 0.250 e. The van der Waals surface area contributed by atoms with Crippen LogP contribution >= 0.6 is 22.6 Å². The third kappa shape index (κ3) is 4.94. The molecule has 142 valence electrons. The summed E-state index contributed by atoms with van der Waals surface area (Å²) in [6.07, 6.45) is 4.06. The number of benzene rings is 2. The van der Waals surface area contributed by atoms with Crippen molar-refractivity contribution in [3.8, 4) is 0 Å². The molecule has 4 rings (SSSR count). The topological polar surface area (TPSA) is 78.3 Å². The highest BCUT2D eigenvalue weighted by Crippen LogP contribution is 2.20. The van der Waals surface area contributed by atoms with Crippen LogP contribution < -0.4 is 15.6 Å². The van der Waals surface area contributed by atoms with Crippen molar-refractivity contribution in [1.29, 1.82) is 0 Å². The predicted molar refractivity (Wildman–Crippen MR) is 121 cm³/mol. The molecule has 0 amide bonds. The maximum absolute atomic E-state index is 4.59. The van der Waals surface area contributed by atoms with Crippen LogP contribution in [-0.4, -0.2) is 34.3 Å². The van der Waals surface area contributed by atoms with Crippen molar-refractivity contribution >= 4 is 52.3 Å². The number of hydrazone groups is 1. The first-order valence-corrected chi connectivity index (χ1v) is 10.2. The highest BCUT2D eigenvalue weighted by Gasteiger charge is 2.17. The Hall–Kier alpha value is -2.75. The lowest BCUT2D eigenvalue weighted by atomic mass is 10.2. The molecule has 7 nitrogen and oxygen atoms in total. The normalized spacial score (nSPS) is 13.8. The molecule has 1 aromatic heterocycles. The zero-order valence-electron chi connectivity index (χ0n) is 15.2. The molecule has 2 N–H and O–H groups in total. The number of para-hydroxylation sites is 1. The minimum Gasteiger partial charge on any atom is -0.341 e. The average Bonchev–Trinajstić information content (AvgIpc) is 3.24. The largest absolute Gasteiger partial charge is 0.341 e. The molecule has 0 atom stereocenters. The van der Waals surface area contributed by atoms with Crippen molar-refractivity contribution in [3.63, 3.8) is 0 Å². The van der Waals surface area contributed by atoms with Gasteiger partial charge in [-0.15, -0.1) is 0 Å². The van der Waals surface area contributed by atoms with Gasteiger partial charge in [0.2, 0.25) is 17.8 Å². The van der Waals surface area contributed by atoms with Gasteiger partial charge in [0.05, 0.1) is 6.21 Å². The van der Waals surface area contributed by atoms with Gasteiger partial charge in [-0.1, -0.05) is 30.3 Å². The van der Waals surface area contributed by atoms with Gasteiger partial charge in [0.25, 0.3) is 0 Å². The van der Waals surface area contributed by atoms with E-state index in [1.54, 1.807) is 6.21 Å². The molecular weight excluding hydrogens is 465 g/mol. The van der Waals surface area contributed by atoms with Gasteiger partial charge in [0.1, 0.15) is 0 Å². The van der Waals surface area contributed by atoms with Gasteiger partial charge in [-0.25, -0.2) is 5.43 Å². The number of hydrogen-bond acceptors (Lipinski definition) is 7. The molecule has 2 aromatic carbocycles. The van der Waals surface area contributed by atoms with E-state index in [-0.39, 0.29) is 0 Å². The van der Waals surface area contributed by atoms with Crippen LogP contribution in [0.3, 0.4) is 0 Å². The second-order valence-corrected chi connectivity index (χ2v) is 7.64. The zero-order chi connectivity index (χ0) is 19.2. The van der Waals surface area contributed by atoms with Gasteiger partial charge < -0.3 is 10.2 Å². The molecule has 0 bridgehead atoms. The van der Waals surface area contributed by atoms with E-state index in [1.807, 2.05) is 48.5 Å². The third-order valence-electron chi connectivity index (χ3n) is 4.27. The summed E-state index contributed by atoms with van der Waals surface area (Å²) in [5.74, 6) is 1.57. The van der Waals surface area contributed by atoms with Crippen LogP contribution in [0.1, 0.15) is 18.4 Å². The van der Waals surface area contributed by atoms with Crippen LogP contribution in [0.4, 0.5) is 23.5 Å². The van der Waals surface area contributed by atoms with Crippen molar-refractivity contribution in [2.75, 3.05) is 28.7 Å². The molecule has 0 saturated carbocycles. The summed E-state index contributed by atoms with van der Waals surface area (Å²) in [6.45, 7) is 1.92. The summed E-state index contributed by atoms with van der Waals surface area (Å²) in [5, 5.41) is 7.53. The molecule has 3 aromatic rings. The molecule has 1 aliphatic heterocycles. The molecule has 1 fully saturated rings. The number of anilines is 4. The van der Waals surface area contributed by atoms with E-state index in [2.05, 4.69) is 64.4 Å². The van der Waals surface area contributed by atoms with Crippen LogP contribution in [0, 0.1) is 3.57 Å². The minimum absolute atomic E-state index is 0.414. The molecule has 28 heavy (non-hydrogen) atoms. The molecule has 1 aliphatic rings. The van der Waals surface area contributed by atoms with E-state index in [9.17, 15) is 0 Å². The number of halogens is 1. The number of nitrogens with one attached hydrogen (secondary N) is 2. The van der Waals surface area contributed by atoms with E-state index in [1.165, 1.54) is 0 Å². The Morgan fingerprint density at radius 1 is 0.929 bits per heavy atom. The van der Waals surface area contributed by atoms with Gasteiger partial charge in [-0.05, 0) is 65.3 Å². The van der Waals surface area contributed by atoms with Crippen molar-refractivity contribution in [2.45, 2.75) is 12.8 Å². The van der Waals surface area contributed by atoms with E-state index in [0.717, 1.165) is 40.8 Å². The molecule has 0 aliphatic carbocycles. The Kier molecular flexibility index (Phi) is 5.95. The van der Waals surface area contributed by atoms with Crippen LogP contribution in [0.2, 0.25) is 0 Å². The van der Waals surface area contributed by atoms with E-state index in [4.69, 9.17) is 0 Å². The van der Waals surface area contributed by atoms with Crippen molar-refractivity contribution in [1.82, 2.24) is 15.0 Å². The Bertz CT molecular complexity index is 956. The molecule has 0 spiro atoms. The van der Waals surface area contributed by atoms with Gasteiger partial charge >= 0.3 is 0 Å². The molecule has 0 unspecified atom stereocenters. The number of rotatable bonds is 6. The van der Waals surface area contributed by atoms with Gasteiger partial charge in [-0.2, -0.15) is 20.1 Å². The molecule has 0 radical (unpaired) electrons. The lowest BCUT2D eigenvalue weighted by molar-refractivity contribution is 0.883. The monoisotopic (exact) mass is 485 g/mol. The lowest BCUT2D eigenvalue weighted by Crippen LogP contribution is -2.21. The van der Waals surface area contributed by atoms with Crippen LogP contribution in [0.5, 0.6) is 0 Å². The Labute approximate surface area is 177 Å². The smallest absolute Gasteiger partial charge is 0.250 e. The van der Waals surface area contributed by atoms with Gasteiger partial charge in [0, 0.05) is 22.3 Å². The van der Waals surface area contributed by atoms with Crippen LogP contribution in [-0.2, 0) is 0 Å². The first-order chi connectivity index (χ1) is 13.8.